The van der Waals surface area contributed by atoms with Crippen LogP contribution in [-0.2, 0) is 4.74 Å². The third kappa shape index (κ3) is 3.04. The van der Waals surface area contributed by atoms with Gasteiger partial charge in [0.05, 0.1) is 5.92 Å². The molecular weight excluding hydrogens is 254 g/mol. The Bertz CT molecular complexity index is 409. The van der Waals surface area contributed by atoms with Crippen LogP contribution in [0.2, 0.25) is 0 Å². The summed E-state index contributed by atoms with van der Waals surface area (Å²) < 4.78 is 11.2. The van der Waals surface area contributed by atoms with Crippen molar-refractivity contribution in [3.8, 4) is 0 Å². The van der Waals surface area contributed by atoms with Gasteiger partial charge in [-0.1, -0.05) is 24.4 Å². The molecule has 1 aliphatic heterocycles. The Morgan fingerprint density at radius 3 is 2.75 bits per heavy atom. The minimum atomic E-state index is 0.00403. The van der Waals surface area contributed by atoms with Gasteiger partial charge in [-0.25, -0.2) is 0 Å². The molecule has 0 bridgehead atoms. The summed E-state index contributed by atoms with van der Waals surface area (Å²) in [6.45, 7) is 2.04. The monoisotopic (exact) mass is 279 g/mol. The molecule has 5 heteroatoms. The minimum absolute atomic E-state index is 0.00403. The second kappa shape index (κ2) is 6.68. The van der Waals surface area contributed by atoms with E-state index in [0.29, 0.717) is 11.8 Å². The Hall–Kier alpha value is -0.940. The molecule has 20 heavy (non-hydrogen) atoms. The van der Waals surface area contributed by atoms with E-state index in [-0.39, 0.29) is 6.10 Å². The number of hydrogen-bond donors (Lipinski definition) is 1. The van der Waals surface area contributed by atoms with Gasteiger partial charge in [0, 0.05) is 13.7 Å². The summed E-state index contributed by atoms with van der Waals surface area (Å²) in [7, 11) is 1.76. The fourth-order valence-corrected chi connectivity index (χ4v) is 3.54. The van der Waals surface area contributed by atoms with E-state index < -0.39 is 0 Å². The fourth-order valence-electron chi connectivity index (χ4n) is 3.54. The summed E-state index contributed by atoms with van der Waals surface area (Å²) in [5.74, 6) is 2.45. The highest BCUT2D eigenvalue weighted by atomic mass is 16.5. The summed E-state index contributed by atoms with van der Waals surface area (Å²) >= 11 is 0. The number of rotatable bonds is 4. The average Bonchev–Trinajstić information content (AvgIpc) is 3.00. The Labute approximate surface area is 120 Å². The molecule has 1 aliphatic carbocycles. The predicted molar refractivity (Wildman–Crippen MR) is 75.5 cm³/mol. The lowest BCUT2D eigenvalue weighted by Crippen LogP contribution is -2.28. The van der Waals surface area contributed by atoms with Gasteiger partial charge >= 0.3 is 0 Å². The Kier molecular flexibility index (Phi) is 4.68. The highest BCUT2D eigenvalue weighted by molar-refractivity contribution is 5.00. The molecule has 2 heterocycles. The van der Waals surface area contributed by atoms with Gasteiger partial charge in [-0.15, -0.1) is 0 Å². The Balaban J connectivity index is 1.70. The molecule has 2 fully saturated rings. The summed E-state index contributed by atoms with van der Waals surface area (Å²) in [4.78, 5) is 4.64. The lowest BCUT2D eigenvalue weighted by atomic mass is 9.85. The van der Waals surface area contributed by atoms with Gasteiger partial charge in [0.25, 0.3) is 0 Å². The summed E-state index contributed by atoms with van der Waals surface area (Å²) in [5.41, 5.74) is 0. The third-order valence-corrected chi connectivity index (χ3v) is 4.69. The standard InChI is InChI=1S/C15H25N3O2/c1-19-13(11-6-3-2-4-7-11)14-17-15(20-18-14)12-8-5-9-16-10-12/h11-13,16H,2-10H2,1H3/t12-,13?/m0/s1. The van der Waals surface area contributed by atoms with Gasteiger partial charge < -0.3 is 14.6 Å². The Morgan fingerprint density at radius 2 is 2.05 bits per heavy atom. The van der Waals surface area contributed by atoms with Crippen molar-refractivity contribution in [2.24, 2.45) is 5.92 Å². The smallest absolute Gasteiger partial charge is 0.231 e. The maximum absolute atomic E-state index is 5.68. The van der Waals surface area contributed by atoms with E-state index in [4.69, 9.17) is 9.26 Å². The van der Waals surface area contributed by atoms with Crippen LogP contribution in [0.5, 0.6) is 0 Å². The summed E-state index contributed by atoms with van der Waals surface area (Å²) in [6, 6.07) is 0. The van der Waals surface area contributed by atoms with Crippen LogP contribution >= 0.6 is 0 Å². The van der Waals surface area contributed by atoms with Crippen molar-refractivity contribution >= 4 is 0 Å². The normalized spacial score (nSPS) is 26.6. The van der Waals surface area contributed by atoms with Crippen LogP contribution in [0.25, 0.3) is 0 Å². The molecule has 0 amide bonds. The largest absolute Gasteiger partial charge is 0.373 e. The maximum Gasteiger partial charge on any atom is 0.231 e. The second-order valence-corrected chi connectivity index (χ2v) is 6.09. The molecule has 3 rings (SSSR count). The molecule has 1 aromatic rings. The molecule has 5 nitrogen and oxygen atoms in total. The van der Waals surface area contributed by atoms with Crippen LogP contribution in [-0.4, -0.2) is 30.3 Å². The number of hydrogen-bond acceptors (Lipinski definition) is 5. The van der Waals surface area contributed by atoms with Crippen LogP contribution in [0.4, 0.5) is 0 Å². The molecule has 2 atom stereocenters. The first kappa shape index (κ1) is 14.0. The molecule has 0 spiro atoms. The molecule has 1 unspecified atom stereocenters. The van der Waals surface area contributed by atoms with Crippen LogP contribution in [0, 0.1) is 5.92 Å². The van der Waals surface area contributed by atoms with E-state index >= 15 is 0 Å². The number of aromatic nitrogens is 2. The zero-order valence-corrected chi connectivity index (χ0v) is 12.3. The van der Waals surface area contributed by atoms with Crippen molar-refractivity contribution in [1.29, 1.82) is 0 Å². The second-order valence-electron chi connectivity index (χ2n) is 6.09. The quantitative estimate of drug-likeness (QED) is 0.918. The van der Waals surface area contributed by atoms with Crippen molar-refractivity contribution in [2.75, 3.05) is 20.2 Å². The van der Waals surface area contributed by atoms with Crippen molar-refractivity contribution in [2.45, 2.75) is 57.0 Å². The van der Waals surface area contributed by atoms with E-state index in [1.165, 1.54) is 38.5 Å². The molecular formula is C15H25N3O2. The number of nitrogens with one attached hydrogen (secondary N) is 1. The predicted octanol–water partition coefficient (Wildman–Crippen LogP) is 2.80. The topological polar surface area (TPSA) is 60.2 Å². The van der Waals surface area contributed by atoms with E-state index in [1.807, 2.05) is 0 Å². The zero-order chi connectivity index (χ0) is 13.8. The third-order valence-electron chi connectivity index (χ3n) is 4.69. The first-order chi connectivity index (χ1) is 9.88. The average molecular weight is 279 g/mol. The zero-order valence-electron chi connectivity index (χ0n) is 12.3. The molecule has 112 valence electrons. The molecule has 2 aliphatic rings. The van der Waals surface area contributed by atoms with Gasteiger partial charge in [0.15, 0.2) is 0 Å². The van der Waals surface area contributed by atoms with E-state index in [9.17, 15) is 0 Å². The highest BCUT2D eigenvalue weighted by Crippen LogP contribution is 2.36. The number of piperidine rings is 1. The van der Waals surface area contributed by atoms with Crippen LogP contribution < -0.4 is 5.32 Å². The maximum atomic E-state index is 5.68. The number of nitrogens with zero attached hydrogens (tertiary/aromatic N) is 2. The molecule has 1 saturated heterocycles. The Morgan fingerprint density at radius 1 is 1.20 bits per heavy atom. The first-order valence-electron chi connectivity index (χ1n) is 7.95. The molecule has 1 aromatic heterocycles. The molecule has 0 radical (unpaired) electrons. The van der Waals surface area contributed by atoms with Crippen molar-refractivity contribution < 1.29 is 9.26 Å². The molecule has 0 aromatic carbocycles. The van der Waals surface area contributed by atoms with Crippen LogP contribution in [0.3, 0.4) is 0 Å². The van der Waals surface area contributed by atoms with Gasteiger partial charge in [0.1, 0.15) is 6.10 Å². The minimum Gasteiger partial charge on any atom is -0.373 e. The summed E-state index contributed by atoms with van der Waals surface area (Å²) in [6.07, 6.45) is 8.68. The van der Waals surface area contributed by atoms with Crippen molar-refractivity contribution in [3.63, 3.8) is 0 Å². The molecule has 1 saturated carbocycles. The summed E-state index contributed by atoms with van der Waals surface area (Å²) in [5, 5.41) is 7.59. The van der Waals surface area contributed by atoms with Gasteiger partial charge in [-0.3, -0.25) is 0 Å². The number of ether oxygens (including phenoxy) is 1. The number of methoxy groups -OCH3 is 1. The van der Waals surface area contributed by atoms with Crippen molar-refractivity contribution in [1.82, 2.24) is 15.5 Å². The lowest BCUT2D eigenvalue weighted by Gasteiger charge is -2.27. The van der Waals surface area contributed by atoms with E-state index in [0.717, 1.165) is 31.2 Å². The van der Waals surface area contributed by atoms with Gasteiger partial charge in [0.2, 0.25) is 11.7 Å². The lowest BCUT2D eigenvalue weighted by molar-refractivity contribution is 0.0273. The van der Waals surface area contributed by atoms with Crippen LogP contribution in [0.1, 0.15) is 68.7 Å². The first-order valence-corrected chi connectivity index (χ1v) is 7.95. The highest BCUT2D eigenvalue weighted by Gasteiger charge is 2.30. The van der Waals surface area contributed by atoms with E-state index in [1.54, 1.807) is 7.11 Å². The van der Waals surface area contributed by atoms with Crippen LogP contribution in [0.15, 0.2) is 4.52 Å². The van der Waals surface area contributed by atoms with Gasteiger partial charge in [-0.2, -0.15) is 4.98 Å². The van der Waals surface area contributed by atoms with Crippen molar-refractivity contribution in [3.05, 3.63) is 11.7 Å². The SMILES string of the molecule is COC(c1noc([C@H]2CCCNC2)n1)C1CCCCC1. The van der Waals surface area contributed by atoms with Gasteiger partial charge in [-0.05, 0) is 38.1 Å². The fraction of sp³-hybridized carbons (Fsp3) is 0.867. The van der Waals surface area contributed by atoms with E-state index in [2.05, 4.69) is 15.5 Å². The molecule has 1 N–H and O–H groups in total.